The van der Waals surface area contributed by atoms with Gasteiger partial charge >= 0.3 is 11.9 Å². The molecule has 0 atom stereocenters. The summed E-state index contributed by atoms with van der Waals surface area (Å²) in [4.78, 5) is 36.1. The van der Waals surface area contributed by atoms with Crippen LogP contribution in [0.4, 0.5) is 0 Å². The SMILES string of the molecule is CC1(C)OC(=O)C(C(=O)c2ccc3occc3c2)C(=O)O1. The molecule has 2 heterocycles. The summed E-state index contributed by atoms with van der Waals surface area (Å²) >= 11 is 0. The summed E-state index contributed by atoms with van der Waals surface area (Å²) in [6.07, 6.45) is 1.49. The molecule has 0 bridgehead atoms. The zero-order valence-corrected chi connectivity index (χ0v) is 11.4. The predicted octanol–water partition coefficient (Wildman–Crippen LogP) is 2.07. The molecular formula is C15H12O6. The number of ether oxygens (including phenoxy) is 2. The Morgan fingerprint density at radius 3 is 2.43 bits per heavy atom. The Morgan fingerprint density at radius 1 is 1.10 bits per heavy atom. The van der Waals surface area contributed by atoms with E-state index in [-0.39, 0.29) is 5.56 Å². The van der Waals surface area contributed by atoms with Gasteiger partial charge in [0.25, 0.3) is 5.79 Å². The monoisotopic (exact) mass is 288 g/mol. The summed E-state index contributed by atoms with van der Waals surface area (Å²) in [5.41, 5.74) is 0.837. The number of esters is 2. The molecule has 1 aliphatic heterocycles. The summed E-state index contributed by atoms with van der Waals surface area (Å²) in [6.45, 7) is 2.86. The Bertz CT molecular complexity index is 734. The fourth-order valence-electron chi connectivity index (χ4n) is 2.22. The summed E-state index contributed by atoms with van der Waals surface area (Å²) in [7, 11) is 0. The van der Waals surface area contributed by atoms with Crippen LogP contribution in [0, 0.1) is 5.92 Å². The number of carbonyl (C=O) groups excluding carboxylic acids is 3. The quantitative estimate of drug-likeness (QED) is 0.478. The molecule has 0 radical (unpaired) electrons. The molecule has 0 saturated carbocycles. The van der Waals surface area contributed by atoms with E-state index < -0.39 is 29.4 Å². The lowest BCUT2D eigenvalue weighted by Crippen LogP contribution is -2.49. The molecule has 21 heavy (non-hydrogen) atoms. The van der Waals surface area contributed by atoms with E-state index in [0.29, 0.717) is 11.0 Å². The summed E-state index contributed by atoms with van der Waals surface area (Å²) in [5, 5.41) is 0.707. The van der Waals surface area contributed by atoms with Gasteiger partial charge in [0.2, 0.25) is 5.92 Å². The van der Waals surface area contributed by atoms with Crippen molar-refractivity contribution in [3.63, 3.8) is 0 Å². The van der Waals surface area contributed by atoms with E-state index in [4.69, 9.17) is 13.9 Å². The van der Waals surface area contributed by atoms with E-state index in [1.54, 1.807) is 18.2 Å². The molecule has 0 aliphatic carbocycles. The van der Waals surface area contributed by atoms with Crippen LogP contribution in [0.3, 0.4) is 0 Å². The summed E-state index contributed by atoms with van der Waals surface area (Å²) in [6, 6.07) is 6.34. The molecule has 1 saturated heterocycles. The van der Waals surface area contributed by atoms with Gasteiger partial charge in [-0.25, -0.2) is 0 Å². The third-order valence-corrected chi connectivity index (χ3v) is 3.16. The second-order valence-electron chi connectivity index (χ2n) is 5.21. The van der Waals surface area contributed by atoms with Gasteiger partial charge in [-0.2, -0.15) is 0 Å². The van der Waals surface area contributed by atoms with Crippen molar-refractivity contribution in [3.05, 3.63) is 36.1 Å². The van der Waals surface area contributed by atoms with Crippen molar-refractivity contribution >= 4 is 28.7 Å². The van der Waals surface area contributed by atoms with Crippen LogP contribution in [0.25, 0.3) is 11.0 Å². The average molecular weight is 288 g/mol. The second kappa shape index (κ2) is 4.44. The zero-order chi connectivity index (χ0) is 15.2. The topological polar surface area (TPSA) is 82.8 Å². The molecular weight excluding hydrogens is 276 g/mol. The fourth-order valence-corrected chi connectivity index (χ4v) is 2.22. The van der Waals surface area contributed by atoms with Crippen LogP contribution >= 0.6 is 0 Å². The zero-order valence-electron chi connectivity index (χ0n) is 11.4. The van der Waals surface area contributed by atoms with Gasteiger partial charge in [0, 0.05) is 24.8 Å². The molecule has 3 rings (SSSR count). The van der Waals surface area contributed by atoms with E-state index in [2.05, 4.69) is 0 Å². The Balaban J connectivity index is 1.94. The first-order valence-electron chi connectivity index (χ1n) is 6.34. The molecule has 6 heteroatoms. The molecule has 6 nitrogen and oxygen atoms in total. The molecule has 2 aromatic rings. The minimum Gasteiger partial charge on any atom is -0.464 e. The summed E-state index contributed by atoms with van der Waals surface area (Å²) < 4.78 is 15.1. The highest BCUT2D eigenvalue weighted by Gasteiger charge is 2.47. The van der Waals surface area contributed by atoms with Crippen LogP contribution in [-0.4, -0.2) is 23.5 Å². The molecule has 1 aromatic heterocycles. The highest BCUT2D eigenvalue weighted by molar-refractivity contribution is 6.21. The van der Waals surface area contributed by atoms with E-state index in [1.807, 2.05) is 0 Å². The van der Waals surface area contributed by atoms with E-state index in [0.717, 1.165) is 0 Å². The van der Waals surface area contributed by atoms with E-state index in [9.17, 15) is 14.4 Å². The van der Waals surface area contributed by atoms with Crippen molar-refractivity contribution in [3.8, 4) is 0 Å². The van der Waals surface area contributed by atoms with Crippen molar-refractivity contribution in [2.24, 2.45) is 5.92 Å². The third kappa shape index (κ3) is 2.29. The van der Waals surface area contributed by atoms with Crippen LogP contribution in [-0.2, 0) is 19.1 Å². The lowest BCUT2D eigenvalue weighted by Gasteiger charge is -2.32. The maximum atomic E-state index is 12.4. The van der Waals surface area contributed by atoms with Crippen LogP contribution in [0.15, 0.2) is 34.9 Å². The number of hydrogen-bond donors (Lipinski definition) is 0. The van der Waals surface area contributed by atoms with Crippen LogP contribution in [0.1, 0.15) is 24.2 Å². The Kier molecular flexibility index (Phi) is 2.83. The molecule has 0 amide bonds. The third-order valence-electron chi connectivity index (χ3n) is 3.16. The number of furan rings is 1. The molecule has 0 unspecified atom stereocenters. The largest absolute Gasteiger partial charge is 0.464 e. The molecule has 108 valence electrons. The van der Waals surface area contributed by atoms with Crippen molar-refractivity contribution in [1.82, 2.24) is 0 Å². The Labute approximate surface area is 119 Å². The van der Waals surface area contributed by atoms with Gasteiger partial charge in [0.05, 0.1) is 6.26 Å². The second-order valence-corrected chi connectivity index (χ2v) is 5.21. The highest BCUT2D eigenvalue weighted by atomic mass is 16.7. The van der Waals surface area contributed by atoms with Crippen LogP contribution < -0.4 is 0 Å². The highest BCUT2D eigenvalue weighted by Crippen LogP contribution is 2.26. The first kappa shape index (κ1) is 13.4. The van der Waals surface area contributed by atoms with Crippen molar-refractivity contribution < 1.29 is 28.3 Å². The number of benzene rings is 1. The fraction of sp³-hybridized carbons (Fsp3) is 0.267. The molecule has 0 N–H and O–H groups in total. The van der Waals surface area contributed by atoms with Gasteiger partial charge in [0.1, 0.15) is 5.58 Å². The number of ketones is 1. The molecule has 1 aromatic carbocycles. The standard InChI is InChI=1S/C15H12O6/c1-15(2)20-13(17)11(14(18)21-15)12(16)9-3-4-10-8(7-9)5-6-19-10/h3-7,11H,1-2H3. The van der Waals surface area contributed by atoms with Crippen molar-refractivity contribution in [2.45, 2.75) is 19.6 Å². The van der Waals surface area contributed by atoms with E-state index in [1.165, 1.54) is 26.2 Å². The van der Waals surface area contributed by atoms with Crippen LogP contribution in [0.5, 0.6) is 0 Å². The van der Waals surface area contributed by atoms with Gasteiger partial charge in [-0.05, 0) is 24.3 Å². The Hall–Kier alpha value is -2.63. The van der Waals surface area contributed by atoms with Crippen molar-refractivity contribution in [2.75, 3.05) is 0 Å². The molecule has 1 fully saturated rings. The van der Waals surface area contributed by atoms with Crippen molar-refractivity contribution in [1.29, 1.82) is 0 Å². The minimum absolute atomic E-state index is 0.225. The number of cyclic esters (lactones) is 2. The average Bonchev–Trinajstić information content (AvgIpc) is 2.82. The van der Waals surface area contributed by atoms with Gasteiger partial charge in [-0.3, -0.25) is 14.4 Å². The van der Waals surface area contributed by atoms with Gasteiger partial charge in [0.15, 0.2) is 5.78 Å². The lowest BCUT2D eigenvalue weighted by atomic mass is 9.96. The van der Waals surface area contributed by atoms with Crippen LogP contribution in [0.2, 0.25) is 0 Å². The predicted molar refractivity (Wildman–Crippen MR) is 70.3 cm³/mol. The first-order valence-corrected chi connectivity index (χ1v) is 6.34. The number of carbonyl (C=O) groups is 3. The molecule has 1 aliphatic rings. The summed E-state index contributed by atoms with van der Waals surface area (Å²) in [5.74, 6) is -5.37. The number of fused-ring (bicyclic) bond motifs is 1. The van der Waals surface area contributed by atoms with Gasteiger partial charge in [-0.15, -0.1) is 0 Å². The van der Waals surface area contributed by atoms with Gasteiger partial charge < -0.3 is 13.9 Å². The maximum absolute atomic E-state index is 12.4. The number of hydrogen-bond acceptors (Lipinski definition) is 6. The van der Waals surface area contributed by atoms with E-state index >= 15 is 0 Å². The number of Topliss-reactive ketones (excluding diaryl/α,β-unsaturated/α-hetero) is 1. The molecule has 0 spiro atoms. The maximum Gasteiger partial charge on any atom is 0.331 e. The minimum atomic E-state index is -1.58. The number of rotatable bonds is 2. The normalized spacial score (nSPS) is 18.4. The lowest BCUT2D eigenvalue weighted by molar-refractivity contribution is -0.236. The van der Waals surface area contributed by atoms with Gasteiger partial charge in [-0.1, -0.05) is 0 Å². The Morgan fingerprint density at radius 2 is 1.76 bits per heavy atom. The first-order chi connectivity index (χ1) is 9.87. The smallest absolute Gasteiger partial charge is 0.331 e.